The van der Waals surface area contributed by atoms with E-state index in [9.17, 15) is 9.90 Å². The molecule has 2 N–H and O–H groups in total. The van der Waals surface area contributed by atoms with Gasteiger partial charge in [0.15, 0.2) is 0 Å². The van der Waals surface area contributed by atoms with Crippen molar-refractivity contribution >= 4 is 6.03 Å². The van der Waals surface area contributed by atoms with Crippen LogP contribution < -0.4 is 5.32 Å². The zero-order chi connectivity index (χ0) is 12.5. The zero-order valence-corrected chi connectivity index (χ0v) is 10.4. The molecule has 0 unspecified atom stereocenters. The summed E-state index contributed by atoms with van der Waals surface area (Å²) in [6.07, 6.45) is 4.31. The van der Waals surface area contributed by atoms with Crippen LogP contribution in [0.1, 0.15) is 30.4 Å². The molecule has 0 atom stereocenters. The summed E-state index contributed by atoms with van der Waals surface area (Å²) in [6, 6.07) is 5.84. The van der Waals surface area contributed by atoms with Gasteiger partial charge >= 0.3 is 6.03 Å². The Morgan fingerprint density at radius 2 is 2.17 bits per heavy atom. The molecule has 18 heavy (non-hydrogen) atoms. The Bertz CT molecular complexity index is 469. The molecule has 1 aliphatic heterocycles. The minimum atomic E-state index is 0.0358. The van der Waals surface area contributed by atoms with E-state index >= 15 is 0 Å². The molecule has 3 rings (SSSR count). The standard InChI is InChI=1S/C14H18N2O2/c17-13-5-4-10-6-7-16(9-11(10)8-13)14(18)15-12-2-1-3-12/h4-5,8,12,17H,1-3,6-7,9H2,(H,15,18). The van der Waals surface area contributed by atoms with Crippen molar-refractivity contribution in [3.8, 4) is 5.75 Å². The Morgan fingerprint density at radius 1 is 1.33 bits per heavy atom. The SMILES string of the molecule is O=C(NC1CCC1)N1CCc2ccc(O)cc2C1. The molecule has 4 heteroatoms. The van der Waals surface area contributed by atoms with Crippen LogP contribution in [0.25, 0.3) is 0 Å². The molecule has 1 saturated carbocycles. The van der Waals surface area contributed by atoms with E-state index in [2.05, 4.69) is 5.32 Å². The molecule has 0 bridgehead atoms. The monoisotopic (exact) mass is 246 g/mol. The lowest BCUT2D eigenvalue weighted by atomic mass is 9.93. The van der Waals surface area contributed by atoms with Gasteiger partial charge in [0.2, 0.25) is 0 Å². The summed E-state index contributed by atoms with van der Waals surface area (Å²) < 4.78 is 0. The first kappa shape index (κ1) is 11.4. The maximum atomic E-state index is 12.0. The fourth-order valence-corrected chi connectivity index (χ4v) is 2.54. The second-order valence-electron chi connectivity index (χ2n) is 5.20. The van der Waals surface area contributed by atoms with E-state index in [4.69, 9.17) is 0 Å². The molecule has 1 fully saturated rings. The molecule has 0 spiro atoms. The second-order valence-corrected chi connectivity index (χ2v) is 5.20. The van der Waals surface area contributed by atoms with E-state index < -0.39 is 0 Å². The van der Waals surface area contributed by atoms with Crippen molar-refractivity contribution < 1.29 is 9.90 Å². The average Bonchev–Trinajstić information content (AvgIpc) is 2.32. The molecule has 1 aromatic rings. The van der Waals surface area contributed by atoms with Crippen molar-refractivity contribution in [2.45, 2.75) is 38.3 Å². The molecular formula is C14H18N2O2. The molecule has 0 radical (unpaired) electrons. The number of hydrogen-bond donors (Lipinski definition) is 2. The normalized spacial score (nSPS) is 19.0. The van der Waals surface area contributed by atoms with Crippen LogP contribution in [0.3, 0.4) is 0 Å². The molecule has 4 nitrogen and oxygen atoms in total. The highest BCUT2D eigenvalue weighted by molar-refractivity contribution is 5.75. The molecule has 1 aliphatic carbocycles. The molecule has 0 aromatic heterocycles. The van der Waals surface area contributed by atoms with E-state index in [1.54, 1.807) is 12.1 Å². The molecular weight excluding hydrogens is 228 g/mol. The largest absolute Gasteiger partial charge is 0.508 e. The highest BCUT2D eigenvalue weighted by Crippen LogP contribution is 2.24. The molecule has 2 aliphatic rings. The van der Waals surface area contributed by atoms with Gasteiger partial charge in [0.1, 0.15) is 5.75 Å². The van der Waals surface area contributed by atoms with Crippen LogP contribution in [0, 0.1) is 0 Å². The van der Waals surface area contributed by atoms with E-state index in [0.29, 0.717) is 12.6 Å². The summed E-state index contributed by atoms with van der Waals surface area (Å²) >= 11 is 0. The van der Waals surface area contributed by atoms with Gasteiger partial charge in [-0.3, -0.25) is 0 Å². The number of fused-ring (bicyclic) bond motifs is 1. The number of amides is 2. The number of rotatable bonds is 1. The Balaban J connectivity index is 1.67. The van der Waals surface area contributed by atoms with Gasteiger partial charge in [0.25, 0.3) is 0 Å². The van der Waals surface area contributed by atoms with Gasteiger partial charge in [-0.1, -0.05) is 6.07 Å². The first-order valence-electron chi connectivity index (χ1n) is 6.58. The maximum absolute atomic E-state index is 12.0. The molecule has 1 aromatic carbocycles. The fourth-order valence-electron chi connectivity index (χ4n) is 2.54. The third-order valence-electron chi connectivity index (χ3n) is 3.92. The van der Waals surface area contributed by atoms with Crippen LogP contribution >= 0.6 is 0 Å². The summed E-state index contributed by atoms with van der Waals surface area (Å²) in [5.41, 5.74) is 2.30. The zero-order valence-electron chi connectivity index (χ0n) is 10.4. The Morgan fingerprint density at radius 3 is 2.89 bits per heavy atom. The molecule has 2 amide bonds. The van der Waals surface area contributed by atoms with Crippen molar-refractivity contribution in [3.63, 3.8) is 0 Å². The van der Waals surface area contributed by atoms with Gasteiger partial charge in [-0.25, -0.2) is 4.79 Å². The summed E-state index contributed by atoms with van der Waals surface area (Å²) in [4.78, 5) is 13.9. The van der Waals surface area contributed by atoms with Gasteiger partial charge in [0, 0.05) is 19.1 Å². The number of carbonyl (C=O) groups is 1. The molecule has 1 heterocycles. The van der Waals surface area contributed by atoms with Crippen molar-refractivity contribution in [3.05, 3.63) is 29.3 Å². The molecule has 96 valence electrons. The number of aromatic hydroxyl groups is 1. The van der Waals surface area contributed by atoms with E-state index in [1.165, 1.54) is 12.0 Å². The topological polar surface area (TPSA) is 52.6 Å². The highest BCUT2D eigenvalue weighted by Gasteiger charge is 2.25. The van der Waals surface area contributed by atoms with Crippen molar-refractivity contribution in [1.82, 2.24) is 10.2 Å². The summed E-state index contributed by atoms with van der Waals surface area (Å²) in [5, 5.41) is 12.5. The van der Waals surface area contributed by atoms with Crippen molar-refractivity contribution in [2.24, 2.45) is 0 Å². The van der Waals surface area contributed by atoms with Crippen LogP contribution in [0.15, 0.2) is 18.2 Å². The maximum Gasteiger partial charge on any atom is 0.317 e. The first-order valence-corrected chi connectivity index (χ1v) is 6.58. The van der Waals surface area contributed by atoms with Gasteiger partial charge in [-0.2, -0.15) is 0 Å². The average molecular weight is 246 g/mol. The summed E-state index contributed by atoms with van der Waals surface area (Å²) in [7, 11) is 0. The minimum absolute atomic E-state index is 0.0358. The Kier molecular flexibility index (Phi) is 2.86. The lowest BCUT2D eigenvalue weighted by Crippen LogP contribution is -2.48. The number of nitrogens with zero attached hydrogens (tertiary/aromatic N) is 1. The lowest BCUT2D eigenvalue weighted by Gasteiger charge is -2.33. The van der Waals surface area contributed by atoms with Crippen LogP contribution in [-0.2, 0) is 13.0 Å². The summed E-state index contributed by atoms with van der Waals surface area (Å²) in [6.45, 7) is 1.36. The van der Waals surface area contributed by atoms with E-state index in [1.807, 2.05) is 11.0 Å². The third kappa shape index (κ3) is 2.15. The Hall–Kier alpha value is -1.71. The second kappa shape index (κ2) is 4.52. The number of phenols is 1. The number of nitrogens with one attached hydrogen (secondary N) is 1. The predicted molar refractivity (Wildman–Crippen MR) is 68.4 cm³/mol. The van der Waals surface area contributed by atoms with Crippen LogP contribution in [0.4, 0.5) is 4.79 Å². The van der Waals surface area contributed by atoms with Crippen LogP contribution in [0.5, 0.6) is 5.75 Å². The fraction of sp³-hybridized carbons (Fsp3) is 0.500. The smallest absolute Gasteiger partial charge is 0.317 e. The van der Waals surface area contributed by atoms with Gasteiger partial charge in [-0.15, -0.1) is 0 Å². The quantitative estimate of drug-likeness (QED) is 0.796. The number of benzene rings is 1. The van der Waals surface area contributed by atoms with Crippen LogP contribution in [-0.4, -0.2) is 28.6 Å². The summed E-state index contributed by atoms with van der Waals surface area (Å²) in [5.74, 6) is 0.273. The minimum Gasteiger partial charge on any atom is -0.508 e. The third-order valence-corrected chi connectivity index (χ3v) is 3.92. The van der Waals surface area contributed by atoms with Crippen molar-refractivity contribution in [2.75, 3.05) is 6.54 Å². The number of carbonyl (C=O) groups excluding carboxylic acids is 1. The lowest BCUT2D eigenvalue weighted by molar-refractivity contribution is 0.181. The van der Waals surface area contributed by atoms with Gasteiger partial charge in [0.05, 0.1) is 0 Å². The predicted octanol–water partition coefficient (Wildman–Crippen LogP) is 2.01. The molecule has 0 saturated heterocycles. The van der Waals surface area contributed by atoms with Gasteiger partial charge in [-0.05, 0) is 48.9 Å². The van der Waals surface area contributed by atoms with Gasteiger partial charge < -0.3 is 15.3 Å². The van der Waals surface area contributed by atoms with E-state index in [-0.39, 0.29) is 11.8 Å². The first-order chi connectivity index (χ1) is 8.72. The Labute approximate surface area is 107 Å². The number of phenolic OH excluding ortho intramolecular Hbond substituents is 1. The van der Waals surface area contributed by atoms with Crippen LogP contribution in [0.2, 0.25) is 0 Å². The van der Waals surface area contributed by atoms with Crippen molar-refractivity contribution in [1.29, 1.82) is 0 Å². The number of hydrogen-bond acceptors (Lipinski definition) is 2. The van der Waals surface area contributed by atoms with E-state index in [0.717, 1.165) is 31.4 Å². The highest BCUT2D eigenvalue weighted by atomic mass is 16.3. The number of urea groups is 1.